The van der Waals surface area contributed by atoms with Gasteiger partial charge in [-0.2, -0.15) is 5.10 Å². The molecule has 1 unspecified atom stereocenters. The number of likely N-dealkylation sites (tertiary alicyclic amines) is 1. The Kier molecular flexibility index (Phi) is 5.91. The van der Waals surface area contributed by atoms with E-state index in [2.05, 4.69) is 20.3 Å². The molecule has 0 bridgehead atoms. The van der Waals surface area contributed by atoms with E-state index in [-0.39, 0.29) is 17.6 Å². The van der Waals surface area contributed by atoms with Crippen LogP contribution in [0.2, 0.25) is 0 Å². The van der Waals surface area contributed by atoms with Gasteiger partial charge in [0.2, 0.25) is 5.91 Å². The Bertz CT molecular complexity index is 879. The molecule has 4 heterocycles. The van der Waals surface area contributed by atoms with Crippen LogP contribution < -0.4 is 11.0 Å². The summed E-state index contributed by atoms with van der Waals surface area (Å²) in [5, 5.41) is 10.7. The number of piperidine rings is 1. The Morgan fingerprint density at radius 2 is 2.07 bits per heavy atom. The van der Waals surface area contributed by atoms with Gasteiger partial charge in [-0.25, -0.2) is 14.5 Å². The first-order valence-corrected chi connectivity index (χ1v) is 11.1. The smallest absolute Gasteiger partial charge is 0.346 e. The molecular weight excluding hydrogens is 376 g/mol. The molecule has 8 nitrogen and oxygen atoms in total. The van der Waals surface area contributed by atoms with Gasteiger partial charge in [0, 0.05) is 24.4 Å². The molecule has 28 heavy (non-hydrogen) atoms. The van der Waals surface area contributed by atoms with Gasteiger partial charge >= 0.3 is 5.69 Å². The molecule has 2 aromatic heterocycles. The van der Waals surface area contributed by atoms with E-state index in [1.54, 1.807) is 15.9 Å². The molecule has 0 radical (unpaired) electrons. The number of carbonyl (C=O) groups excluding carboxylic acids is 1. The number of rotatable bonds is 5. The van der Waals surface area contributed by atoms with Crippen LogP contribution in [0.15, 0.2) is 10.2 Å². The standard InChI is InChI=1S/C19H28N6O2S/c1-14-20-16(13-28-14)11-25-19(27)24-10-7-15(5-6-17(24)22-25)21-18(26)12-23-8-3-2-4-9-23/h13,15H,2-12H2,1H3,(H,21,26). The number of nitrogens with zero attached hydrogens (tertiary/aromatic N) is 5. The fraction of sp³-hybridized carbons (Fsp3) is 0.684. The van der Waals surface area contributed by atoms with Crippen LogP contribution in [0.25, 0.3) is 0 Å². The van der Waals surface area contributed by atoms with Crippen LogP contribution >= 0.6 is 11.3 Å². The van der Waals surface area contributed by atoms with Crippen molar-refractivity contribution in [3.8, 4) is 0 Å². The molecular formula is C19H28N6O2S. The van der Waals surface area contributed by atoms with E-state index in [4.69, 9.17) is 0 Å². The van der Waals surface area contributed by atoms with Crippen molar-refractivity contribution in [1.29, 1.82) is 0 Å². The number of amides is 1. The topological polar surface area (TPSA) is 85.0 Å². The lowest BCUT2D eigenvalue weighted by Gasteiger charge is -2.26. The third-order valence-corrected chi connectivity index (χ3v) is 6.40. The molecule has 0 aromatic carbocycles. The van der Waals surface area contributed by atoms with Crippen molar-refractivity contribution in [3.63, 3.8) is 0 Å². The average Bonchev–Trinajstić information content (AvgIpc) is 3.14. The van der Waals surface area contributed by atoms with Crippen LogP contribution in [0.1, 0.15) is 48.6 Å². The Balaban J connectivity index is 1.34. The van der Waals surface area contributed by atoms with Gasteiger partial charge in [-0.15, -0.1) is 11.3 Å². The van der Waals surface area contributed by atoms with Crippen LogP contribution in [0.5, 0.6) is 0 Å². The highest BCUT2D eigenvalue weighted by Crippen LogP contribution is 2.14. The first-order valence-electron chi connectivity index (χ1n) is 10.2. The highest BCUT2D eigenvalue weighted by molar-refractivity contribution is 7.09. The fourth-order valence-corrected chi connectivity index (χ4v) is 4.71. The molecule has 0 aliphatic carbocycles. The number of fused-ring (bicyclic) bond motifs is 1. The predicted octanol–water partition coefficient (Wildman–Crippen LogP) is 1.17. The van der Waals surface area contributed by atoms with Crippen molar-refractivity contribution in [2.24, 2.45) is 0 Å². The number of nitrogens with one attached hydrogen (secondary N) is 1. The first-order chi connectivity index (χ1) is 13.6. The van der Waals surface area contributed by atoms with Gasteiger partial charge < -0.3 is 5.32 Å². The summed E-state index contributed by atoms with van der Waals surface area (Å²) in [6.45, 7) is 5.50. The predicted molar refractivity (Wildman–Crippen MR) is 108 cm³/mol. The highest BCUT2D eigenvalue weighted by Gasteiger charge is 2.23. The Labute approximate surface area is 168 Å². The molecule has 1 saturated heterocycles. The summed E-state index contributed by atoms with van der Waals surface area (Å²) >= 11 is 1.58. The summed E-state index contributed by atoms with van der Waals surface area (Å²) in [6, 6.07) is 0.105. The monoisotopic (exact) mass is 404 g/mol. The van der Waals surface area contributed by atoms with Gasteiger partial charge in [0.15, 0.2) is 0 Å². The molecule has 2 aliphatic heterocycles. The highest BCUT2D eigenvalue weighted by atomic mass is 32.1. The SMILES string of the molecule is Cc1nc(Cn2nc3n(c2=O)CCC(NC(=O)CN2CCCCC2)CC3)cs1. The van der Waals surface area contributed by atoms with Gasteiger partial charge in [-0.05, 0) is 45.7 Å². The third kappa shape index (κ3) is 4.52. The van der Waals surface area contributed by atoms with Crippen molar-refractivity contribution < 1.29 is 4.79 Å². The van der Waals surface area contributed by atoms with Crippen LogP contribution in [-0.4, -0.2) is 55.8 Å². The molecule has 2 aliphatic rings. The van der Waals surface area contributed by atoms with Crippen molar-refractivity contribution >= 4 is 17.2 Å². The zero-order valence-corrected chi connectivity index (χ0v) is 17.2. The molecule has 1 atom stereocenters. The van der Waals surface area contributed by atoms with Crippen LogP contribution in [0.4, 0.5) is 0 Å². The average molecular weight is 405 g/mol. The Hall–Kier alpha value is -2.00. The normalized spacial score (nSPS) is 20.5. The maximum atomic E-state index is 12.7. The van der Waals surface area contributed by atoms with E-state index in [0.29, 0.717) is 26.1 Å². The summed E-state index contributed by atoms with van der Waals surface area (Å²) < 4.78 is 3.27. The van der Waals surface area contributed by atoms with E-state index in [0.717, 1.165) is 42.5 Å². The number of hydrogen-bond donors (Lipinski definition) is 1. The number of aromatic nitrogens is 4. The Morgan fingerprint density at radius 1 is 1.25 bits per heavy atom. The molecule has 152 valence electrons. The fourth-order valence-electron chi connectivity index (χ4n) is 4.10. The van der Waals surface area contributed by atoms with Crippen LogP contribution in [0, 0.1) is 6.92 Å². The lowest BCUT2D eigenvalue weighted by atomic mass is 10.1. The maximum Gasteiger partial charge on any atom is 0.346 e. The molecule has 9 heteroatoms. The van der Waals surface area contributed by atoms with Crippen molar-refractivity contribution in [2.45, 2.75) is 64.6 Å². The summed E-state index contributed by atoms with van der Waals surface area (Å²) in [7, 11) is 0. The molecule has 1 fully saturated rings. The van der Waals surface area contributed by atoms with Gasteiger partial charge in [0.25, 0.3) is 0 Å². The number of carbonyl (C=O) groups is 1. The number of aryl methyl sites for hydroxylation is 2. The molecule has 2 aromatic rings. The quantitative estimate of drug-likeness (QED) is 0.809. The van der Waals surface area contributed by atoms with E-state index in [1.165, 1.54) is 23.9 Å². The summed E-state index contributed by atoms with van der Waals surface area (Å²) in [5.74, 6) is 0.910. The minimum Gasteiger partial charge on any atom is -0.352 e. The van der Waals surface area contributed by atoms with E-state index in [9.17, 15) is 9.59 Å². The molecule has 0 saturated carbocycles. The second-order valence-corrected chi connectivity index (χ2v) is 8.86. The second kappa shape index (κ2) is 8.57. The lowest BCUT2D eigenvalue weighted by molar-refractivity contribution is -0.123. The third-order valence-electron chi connectivity index (χ3n) is 5.58. The van der Waals surface area contributed by atoms with Crippen molar-refractivity contribution in [2.75, 3.05) is 19.6 Å². The van der Waals surface area contributed by atoms with Crippen LogP contribution in [0.3, 0.4) is 0 Å². The second-order valence-electron chi connectivity index (χ2n) is 7.79. The first kappa shape index (κ1) is 19.3. The summed E-state index contributed by atoms with van der Waals surface area (Å²) in [4.78, 5) is 31.8. The number of thiazole rings is 1. The maximum absolute atomic E-state index is 12.7. The Morgan fingerprint density at radius 3 is 2.82 bits per heavy atom. The molecule has 0 spiro atoms. The molecule has 4 rings (SSSR count). The van der Waals surface area contributed by atoms with Gasteiger partial charge in [0.05, 0.1) is 23.8 Å². The van der Waals surface area contributed by atoms with Crippen molar-refractivity contribution in [3.05, 3.63) is 32.4 Å². The molecule has 1 amide bonds. The zero-order chi connectivity index (χ0) is 19.5. The van der Waals surface area contributed by atoms with Gasteiger partial charge in [-0.3, -0.25) is 14.3 Å². The minimum atomic E-state index is -0.0825. The van der Waals surface area contributed by atoms with E-state index in [1.807, 2.05) is 12.3 Å². The van der Waals surface area contributed by atoms with E-state index >= 15 is 0 Å². The van der Waals surface area contributed by atoms with Crippen molar-refractivity contribution in [1.82, 2.24) is 29.5 Å². The lowest BCUT2D eigenvalue weighted by Crippen LogP contribution is -2.44. The van der Waals surface area contributed by atoms with Crippen LogP contribution in [-0.2, 0) is 24.3 Å². The molecule has 1 N–H and O–H groups in total. The summed E-state index contributed by atoms with van der Waals surface area (Å²) in [5.41, 5.74) is 0.793. The summed E-state index contributed by atoms with van der Waals surface area (Å²) in [6.07, 6.45) is 5.92. The largest absolute Gasteiger partial charge is 0.352 e. The van der Waals surface area contributed by atoms with Gasteiger partial charge in [0.1, 0.15) is 5.82 Å². The number of hydrogen-bond acceptors (Lipinski definition) is 6. The van der Waals surface area contributed by atoms with E-state index < -0.39 is 0 Å². The van der Waals surface area contributed by atoms with Gasteiger partial charge in [-0.1, -0.05) is 6.42 Å². The minimum absolute atomic E-state index is 0.0825. The zero-order valence-electron chi connectivity index (χ0n) is 16.4.